The van der Waals surface area contributed by atoms with E-state index in [4.69, 9.17) is 10.4 Å². The van der Waals surface area contributed by atoms with Crippen LogP contribution in [-0.2, 0) is 13.2 Å². The monoisotopic (exact) mass is 239 g/mol. The van der Waals surface area contributed by atoms with Gasteiger partial charge in [-0.25, -0.2) is 0 Å². The number of hydrogen-bond acceptors (Lipinski definition) is 4. The lowest BCUT2D eigenvalue weighted by molar-refractivity contribution is 0.281. The van der Waals surface area contributed by atoms with E-state index in [-0.39, 0.29) is 6.61 Å². The van der Waals surface area contributed by atoms with Crippen molar-refractivity contribution in [3.8, 4) is 6.07 Å². The predicted octanol–water partition coefficient (Wildman–Crippen LogP) is 2.06. The molecular formula is C14H13N3O. The summed E-state index contributed by atoms with van der Waals surface area (Å²) in [7, 11) is 0. The van der Waals surface area contributed by atoms with Crippen molar-refractivity contribution >= 4 is 5.69 Å². The molecule has 2 N–H and O–H groups in total. The number of hydrogen-bond donors (Lipinski definition) is 2. The zero-order valence-electron chi connectivity index (χ0n) is 9.80. The van der Waals surface area contributed by atoms with Crippen molar-refractivity contribution in [1.29, 1.82) is 5.26 Å². The normalized spacial score (nSPS) is 9.78. The van der Waals surface area contributed by atoms with Crippen molar-refractivity contribution in [2.24, 2.45) is 0 Å². The van der Waals surface area contributed by atoms with Gasteiger partial charge < -0.3 is 10.4 Å². The quantitative estimate of drug-likeness (QED) is 0.856. The minimum atomic E-state index is 0.0319. The highest BCUT2D eigenvalue weighted by Gasteiger charge is 2.01. The first kappa shape index (κ1) is 12.1. The summed E-state index contributed by atoms with van der Waals surface area (Å²) >= 11 is 0. The first-order valence-electron chi connectivity index (χ1n) is 5.60. The summed E-state index contributed by atoms with van der Waals surface area (Å²) < 4.78 is 0. The molecule has 1 aromatic heterocycles. The molecule has 0 aliphatic heterocycles. The fraction of sp³-hybridized carbons (Fsp3) is 0.143. The van der Waals surface area contributed by atoms with Gasteiger partial charge in [0.2, 0.25) is 0 Å². The maximum absolute atomic E-state index is 9.06. The lowest BCUT2D eigenvalue weighted by Crippen LogP contribution is -2.02. The molecule has 4 heteroatoms. The zero-order valence-corrected chi connectivity index (χ0v) is 9.80. The molecule has 2 aromatic rings. The highest BCUT2D eigenvalue weighted by atomic mass is 16.3. The van der Waals surface area contributed by atoms with Crippen LogP contribution in [0.15, 0.2) is 42.7 Å². The molecule has 0 spiro atoms. The van der Waals surface area contributed by atoms with E-state index in [0.717, 1.165) is 16.8 Å². The molecule has 0 amide bonds. The molecule has 0 aliphatic rings. The minimum Gasteiger partial charge on any atom is -0.392 e. The Morgan fingerprint density at radius 2 is 2.11 bits per heavy atom. The van der Waals surface area contributed by atoms with Crippen molar-refractivity contribution < 1.29 is 5.11 Å². The molecule has 2 rings (SSSR count). The van der Waals surface area contributed by atoms with E-state index in [1.807, 2.05) is 24.3 Å². The predicted molar refractivity (Wildman–Crippen MR) is 68.6 cm³/mol. The number of aliphatic hydroxyl groups excluding tert-OH is 1. The topological polar surface area (TPSA) is 68.9 Å². The first-order valence-corrected chi connectivity index (χ1v) is 5.60. The van der Waals surface area contributed by atoms with Crippen LogP contribution in [-0.4, -0.2) is 10.1 Å². The number of aromatic nitrogens is 1. The van der Waals surface area contributed by atoms with Gasteiger partial charge in [-0.2, -0.15) is 5.26 Å². The van der Waals surface area contributed by atoms with Crippen molar-refractivity contribution in [1.82, 2.24) is 4.98 Å². The molecule has 0 atom stereocenters. The molecule has 0 radical (unpaired) electrons. The van der Waals surface area contributed by atoms with Crippen LogP contribution in [0.4, 0.5) is 5.69 Å². The fourth-order valence-electron chi connectivity index (χ4n) is 1.67. The smallest absolute Gasteiger partial charge is 0.101 e. The summed E-state index contributed by atoms with van der Waals surface area (Å²) in [6, 6.07) is 11.4. The number of anilines is 1. The van der Waals surface area contributed by atoms with E-state index in [1.165, 1.54) is 0 Å². The lowest BCUT2D eigenvalue weighted by atomic mass is 10.1. The number of aliphatic hydroxyl groups is 1. The van der Waals surface area contributed by atoms with Gasteiger partial charge in [0.25, 0.3) is 0 Å². The van der Waals surface area contributed by atoms with E-state index in [1.54, 1.807) is 18.5 Å². The van der Waals surface area contributed by atoms with Crippen LogP contribution in [0.5, 0.6) is 0 Å². The molecular weight excluding hydrogens is 226 g/mol. The molecule has 0 aliphatic carbocycles. The SMILES string of the molecule is N#Cc1ccncc1NCc1cccc(CO)c1. The molecule has 4 nitrogen and oxygen atoms in total. The van der Waals surface area contributed by atoms with Crippen molar-refractivity contribution in [2.75, 3.05) is 5.32 Å². The summed E-state index contributed by atoms with van der Waals surface area (Å²) in [5.41, 5.74) is 3.22. The van der Waals surface area contributed by atoms with E-state index in [0.29, 0.717) is 12.1 Å². The number of rotatable bonds is 4. The fourth-order valence-corrected chi connectivity index (χ4v) is 1.67. The van der Waals surface area contributed by atoms with Gasteiger partial charge in [0, 0.05) is 12.7 Å². The van der Waals surface area contributed by atoms with Crippen LogP contribution < -0.4 is 5.32 Å². The van der Waals surface area contributed by atoms with Crippen molar-refractivity contribution in [3.63, 3.8) is 0 Å². The van der Waals surface area contributed by atoms with Crippen LogP contribution in [0.3, 0.4) is 0 Å². The summed E-state index contributed by atoms with van der Waals surface area (Å²) in [6.45, 7) is 0.623. The highest BCUT2D eigenvalue weighted by Crippen LogP contribution is 2.14. The van der Waals surface area contributed by atoms with Gasteiger partial charge >= 0.3 is 0 Å². The number of benzene rings is 1. The van der Waals surface area contributed by atoms with Crippen LogP contribution in [0.2, 0.25) is 0 Å². The second kappa shape index (κ2) is 5.80. The minimum absolute atomic E-state index is 0.0319. The van der Waals surface area contributed by atoms with Crippen LogP contribution in [0, 0.1) is 11.3 Å². The van der Waals surface area contributed by atoms with Gasteiger partial charge in [0.15, 0.2) is 0 Å². The van der Waals surface area contributed by atoms with Crippen molar-refractivity contribution in [2.45, 2.75) is 13.2 Å². The second-order valence-electron chi connectivity index (χ2n) is 3.86. The Kier molecular flexibility index (Phi) is 3.90. The average Bonchev–Trinajstić information content (AvgIpc) is 2.45. The Morgan fingerprint density at radius 1 is 1.28 bits per heavy atom. The largest absolute Gasteiger partial charge is 0.392 e. The van der Waals surface area contributed by atoms with Crippen LogP contribution >= 0.6 is 0 Å². The third kappa shape index (κ3) is 2.84. The van der Waals surface area contributed by atoms with E-state index in [2.05, 4.69) is 16.4 Å². The third-order valence-corrected chi connectivity index (χ3v) is 2.60. The Balaban J connectivity index is 2.09. The summed E-state index contributed by atoms with van der Waals surface area (Å²) in [5, 5.41) is 21.2. The maximum Gasteiger partial charge on any atom is 0.101 e. The van der Waals surface area contributed by atoms with E-state index < -0.39 is 0 Å². The Bertz CT molecular complexity index is 575. The number of pyridine rings is 1. The van der Waals surface area contributed by atoms with E-state index >= 15 is 0 Å². The molecule has 1 heterocycles. The van der Waals surface area contributed by atoms with Gasteiger partial charge in [-0.05, 0) is 17.2 Å². The second-order valence-corrected chi connectivity index (χ2v) is 3.86. The summed E-state index contributed by atoms with van der Waals surface area (Å²) in [5.74, 6) is 0. The highest BCUT2D eigenvalue weighted by molar-refractivity contribution is 5.55. The lowest BCUT2D eigenvalue weighted by Gasteiger charge is -2.08. The zero-order chi connectivity index (χ0) is 12.8. The number of nitrogens with zero attached hydrogens (tertiary/aromatic N) is 2. The average molecular weight is 239 g/mol. The molecule has 90 valence electrons. The number of nitriles is 1. The molecule has 18 heavy (non-hydrogen) atoms. The third-order valence-electron chi connectivity index (χ3n) is 2.60. The van der Waals surface area contributed by atoms with Crippen molar-refractivity contribution in [3.05, 3.63) is 59.4 Å². The van der Waals surface area contributed by atoms with Crippen LogP contribution in [0.1, 0.15) is 16.7 Å². The van der Waals surface area contributed by atoms with Gasteiger partial charge in [-0.1, -0.05) is 24.3 Å². The summed E-state index contributed by atoms with van der Waals surface area (Å²) in [4.78, 5) is 3.99. The Hall–Kier alpha value is -2.38. The maximum atomic E-state index is 9.06. The van der Waals surface area contributed by atoms with Gasteiger partial charge in [-0.15, -0.1) is 0 Å². The van der Waals surface area contributed by atoms with Gasteiger partial charge in [0.1, 0.15) is 6.07 Å². The van der Waals surface area contributed by atoms with E-state index in [9.17, 15) is 0 Å². The molecule has 0 unspecified atom stereocenters. The van der Waals surface area contributed by atoms with Gasteiger partial charge in [-0.3, -0.25) is 4.98 Å². The number of nitrogens with one attached hydrogen (secondary N) is 1. The molecule has 1 aromatic carbocycles. The van der Waals surface area contributed by atoms with Crippen LogP contribution in [0.25, 0.3) is 0 Å². The standard InChI is InChI=1S/C14H13N3O/c15-7-13-4-5-16-9-14(13)17-8-11-2-1-3-12(6-11)10-18/h1-6,9,17-18H,8,10H2. The first-order chi connectivity index (χ1) is 8.83. The molecule has 0 saturated carbocycles. The summed E-state index contributed by atoms with van der Waals surface area (Å²) in [6.07, 6.45) is 3.23. The molecule has 0 bridgehead atoms. The Labute approximate surface area is 106 Å². The molecule has 0 fully saturated rings. The molecule has 0 saturated heterocycles. The van der Waals surface area contributed by atoms with Gasteiger partial charge in [0.05, 0.1) is 24.1 Å². The Morgan fingerprint density at radius 3 is 2.89 bits per heavy atom.